The Hall–Kier alpha value is -2.04. The molecule has 0 fully saturated rings. The van der Waals surface area contributed by atoms with Crippen LogP contribution in [0.4, 0.5) is 5.69 Å². The Kier molecular flexibility index (Phi) is 6.21. The SMILES string of the molecule is COC(=O)/C=C(/Nc1c(Br)ccc(C#N)c1Cl)C(=O)OC. The van der Waals surface area contributed by atoms with Crippen LogP contribution < -0.4 is 5.32 Å². The van der Waals surface area contributed by atoms with Crippen molar-refractivity contribution in [2.75, 3.05) is 19.5 Å². The zero-order chi connectivity index (χ0) is 16.0. The van der Waals surface area contributed by atoms with Gasteiger partial charge in [0.15, 0.2) is 0 Å². The number of carbonyl (C=O) groups excluding carboxylic acids is 2. The van der Waals surface area contributed by atoms with Gasteiger partial charge in [-0.1, -0.05) is 11.6 Å². The van der Waals surface area contributed by atoms with Crippen LogP contribution in [-0.2, 0) is 19.1 Å². The number of anilines is 1. The fourth-order valence-electron chi connectivity index (χ4n) is 1.32. The number of rotatable bonds is 4. The van der Waals surface area contributed by atoms with E-state index in [2.05, 4.69) is 30.7 Å². The topological polar surface area (TPSA) is 88.4 Å². The largest absolute Gasteiger partial charge is 0.466 e. The van der Waals surface area contributed by atoms with Crippen molar-refractivity contribution in [1.82, 2.24) is 0 Å². The summed E-state index contributed by atoms with van der Waals surface area (Å²) in [6.45, 7) is 0. The molecule has 0 saturated heterocycles. The highest BCUT2D eigenvalue weighted by atomic mass is 79.9. The van der Waals surface area contributed by atoms with Crippen molar-refractivity contribution in [2.24, 2.45) is 0 Å². The number of carbonyl (C=O) groups is 2. The standard InChI is InChI=1S/C13H10BrClN2O4/c1-20-10(18)5-9(13(19)21-2)17-12-8(14)4-3-7(6-16)11(12)15/h3-5,17H,1-2H3/b9-5+. The van der Waals surface area contributed by atoms with E-state index in [9.17, 15) is 9.59 Å². The predicted molar refractivity (Wildman–Crippen MR) is 79.6 cm³/mol. The summed E-state index contributed by atoms with van der Waals surface area (Å²) < 4.78 is 9.53. The normalized spacial score (nSPS) is 10.5. The van der Waals surface area contributed by atoms with Crippen LogP contribution in [0.1, 0.15) is 5.56 Å². The molecule has 0 aromatic heterocycles. The second kappa shape index (κ2) is 7.67. The predicted octanol–water partition coefficient (Wildman–Crippen LogP) is 2.62. The van der Waals surface area contributed by atoms with Crippen molar-refractivity contribution in [3.05, 3.63) is 39.0 Å². The van der Waals surface area contributed by atoms with Gasteiger partial charge in [-0.05, 0) is 28.1 Å². The van der Waals surface area contributed by atoms with Gasteiger partial charge >= 0.3 is 11.9 Å². The van der Waals surface area contributed by atoms with E-state index in [-0.39, 0.29) is 22.0 Å². The second-order valence-electron chi connectivity index (χ2n) is 3.59. The molecule has 0 radical (unpaired) electrons. The second-order valence-corrected chi connectivity index (χ2v) is 4.83. The first-order valence-corrected chi connectivity index (χ1v) is 6.64. The molecule has 0 unspecified atom stereocenters. The average molecular weight is 374 g/mol. The lowest BCUT2D eigenvalue weighted by molar-refractivity contribution is -0.138. The summed E-state index contributed by atoms with van der Waals surface area (Å²) in [7, 11) is 2.34. The molecule has 1 N–H and O–H groups in total. The Morgan fingerprint density at radius 1 is 1.38 bits per heavy atom. The minimum absolute atomic E-state index is 0.103. The van der Waals surface area contributed by atoms with Crippen LogP contribution in [0, 0.1) is 11.3 Å². The molecule has 110 valence electrons. The Morgan fingerprint density at radius 2 is 2.05 bits per heavy atom. The van der Waals surface area contributed by atoms with E-state index in [1.54, 1.807) is 6.07 Å². The molecule has 8 heteroatoms. The molecule has 1 aromatic rings. The molecule has 0 amide bonds. The third-order valence-electron chi connectivity index (χ3n) is 2.34. The number of nitrogens with one attached hydrogen (secondary N) is 1. The highest BCUT2D eigenvalue weighted by Gasteiger charge is 2.17. The maximum absolute atomic E-state index is 11.7. The first-order valence-electron chi connectivity index (χ1n) is 5.47. The van der Waals surface area contributed by atoms with Gasteiger partial charge in [-0.15, -0.1) is 0 Å². The molecule has 0 atom stereocenters. The van der Waals surface area contributed by atoms with Crippen molar-refractivity contribution >= 4 is 45.2 Å². The highest BCUT2D eigenvalue weighted by molar-refractivity contribution is 9.10. The first kappa shape index (κ1) is 17.0. The van der Waals surface area contributed by atoms with Gasteiger partial charge in [0.05, 0.1) is 36.6 Å². The lowest BCUT2D eigenvalue weighted by Crippen LogP contribution is -2.16. The van der Waals surface area contributed by atoms with Crippen molar-refractivity contribution in [2.45, 2.75) is 0 Å². The summed E-state index contributed by atoms with van der Waals surface area (Å²) in [4.78, 5) is 22.9. The number of halogens is 2. The monoisotopic (exact) mass is 372 g/mol. The van der Waals surface area contributed by atoms with E-state index in [1.165, 1.54) is 13.2 Å². The van der Waals surface area contributed by atoms with Crippen LogP contribution in [0.15, 0.2) is 28.4 Å². The lowest BCUT2D eigenvalue weighted by atomic mass is 10.2. The molecule has 0 bridgehead atoms. The van der Waals surface area contributed by atoms with E-state index in [4.69, 9.17) is 16.9 Å². The van der Waals surface area contributed by atoms with Crippen molar-refractivity contribution in [3.63, 3.8) is 0 Å². The lowest BCUT2D eigenvalue weighted by Gasteiger charge is -2.13. The summed E-state index contributed by atoms with van der Waals surface area (Å²) in [6, 6.07) is 5.01. The van der Waals surface area contributed by atoms with Crippen molar-refractivity contribution in [3.8, 4) is 6.07 Å². The minimum Gasteiger partial charge on any atom is -0.466 e. The Bertz CT molecular complexity index is 652. The minimum atomic E-state index is -0.786. The number of hydrogen-bond donors (Lipinski definition) is 1. The summed E-state index contributed by atoms with van der Waals surface area (Å²) in [5, 5.41) is 11.7. The Labute approximate surface area is 134 Å². The number of esters is 2. The quantitative estimate of drug-likeness (QED) is 0.645. The van der Waals surface area contributed by atoms with Crippen LogP contribution >= 0.6 is 27.5 Å². The summed E-state index contributed by atoms with van der Waals surface area (Å²) >= 11 is 9.31. The molecular formula is C13H10BrClN2O4. The van der Waals surface area contributed by atoms with Gasteiger partial charge in [-0.2, -0.15) is 5.26 Å². The molecule has 1 rings (SSSR count). The van der Waals surface area contributed by atoms with Gasteiger partial charge in [0.25, 0.3) is 0 Å². The van der Waals surface area contributed by atoms with Crippen molar-refractivity contribution < 1.29 is 19.1 Å². The molecule has 0 saturated carbocycles. The van der Waals surface area contributed by atoms with Crippen LogP contribution in [-0.4, -0.2) is 26.2 Å². The number of nitriles is 1. The number of hydrogen-bond acceptors (Lipinski definition) is 6. The fourth-order valence-corrected chi connectivity index (χ4v) is 2.12. The first-order chi connectivity index (χ1) is 9.94. The molecule has 0 spiro atoms. The fraction of sp³-hybridized carbons (Fsp3) is 0.154. The molecular weight excluding hydrogens is 364 g/mol. The number of ether oxygens (including phenoxy) is 2. The molecule has 0 aliphatic rings. The molecule has 6 nitrogen and oxygen atoms in total. The third kappa shape index (κ3) is 4.21. The average Bonchev–Trinajstić information content (AvgIpc) is 2.49. The van der Waals surface area contributed by atoms with E-state index >= 15 is 0 Å². The Morgan fingerprint density at radius 3 is 2.57 bits per heavy atom. The molecule has 0 aliphatic heterocycles. The smallest absolute Gasteiger partial charge is 0.354 e. The zero-order valence-electron chi connectivity index (χ0n) is 11.1. The molecule has 0 aliphatic carbocycles. The van der Waals surface area contributed by atoms with Gasteiger partial charge in [-0.25, -0.2) is 9.59 Å². The maximum atomic E-state index is 11.7. The van der Waals surface area contributed by atoms with Gasteiger partial charge in [0.2, 0.25) is 0 Å². The zero-order valence-corrected chi connectivity index (χ0v) is 13.4. The molecule has 21 heavy (non-hydrogen) atoms. The molecule has 1 aromatic carbocycles. The van der Waals surface area contributed by atoms with E-state index in [0.29, 0.717) is 4.47 Å². The molecule has 0 heterocycles. The summed E-state index contributed by atoms with van der Waals surface area (Å²) in [5.74, 6) is -1.53. The van der Waals surface area contributed by atoms with Gasteiger partial charge in [0.1, 0.15) is 11.8 Å². The number of nitrogens with zero attached hydrogens (tertiary/aromatic N) is 1. The van der Waals surface area contributed by atoms with E-state index in [0.717, 1.165) is 13.2 Å². The van der Waals surface area contributed by atoms with Crippen molar-refractivity contribution in [1.29, 1.82) is 5.26 Å². The van der Waals surface area contributed by atoms with Gasteiger partial charge in [0, 0.05) is 4.47 Å². The van der Waals surface area contributed by atoms with Crippen LogP contribution in [0.3, 0.4) is 0 Å². The maximum Gasteiger partial charge on any atom is 0.354 e. The Balaban J connectivity index is 3.28. The summed E-state index contributed by atoms with van der Waals surface area (Å²) in [5.41, 5.74) is 0.294. The van der Waals surface area contributed by atoms with E-state index in [1.807, 2.05) is 6.07 Å². The number of benzene rings is 1. The third-order valence-corrected chi connectivity index (χ3v) is 3.39. The van der Waals surface area contributed by atoms with Crippen LogP contribution in [0.2, 0.25) is 5.02 Å². The van der Waals surface area contributed by atoms with E-state index < -0.39 is 11.9 Å². The number of methoxy groups -OCH3 is 2. The van der Waals surface area contributed by atoms with Crippen LogP contribution in [0.5, 0.6) is 0 Å². The van der Waals surface area contributed by atoms with Gasteiger partial charge in [-0.3, -0.25) is 0 Å². The van der Waals surface area contributed by atoms with Gasteiger partial charge < -0.3 is 14.8 Å². The highest BCUT2D eigenvalue weighted by Crippen LogP contribution is 2.34. The summed E-state index contributed by atoms with van der Waals surface area (Å²) in [6.07, 6.45) is 0.924. The van der Waals surface area contributed by atoms with Crippen LogP contribution in [0.25, 0.3) is 0 Å².